The normalized spacial score (nSPS) is 39.3. The maximum atomic E-state index is 8.68. The lowest BCUT2D eigenvalue weighted by Gasteiger charge is -2.38. The first-order valence-electron chi connectivity index (χ1n) is 14.6. The van der Waals surface area contributed by atoms with Crippen LogP contribution < -0.4 is 11.1 Å². The first-order valence-corrected chi connectivity index (χ1v) is 14.6. The summed E-state index contributed by atoms with van der Waals surface area (Å²) in [6.07, 6.45) is 39.7. The molecular formula is C34H45N3. The van der Waals surface area contributed by atoms with Crippen LogP contribution in [-0.4, -0.2) is 24.3 Å². The van der Waals surface area contributed by atoms with Crippen molar-refractivity contribution in [1.82, 2.24) is 5.32 Å². The number of nitrogens with one attached hydrogen (secondary N) is 2. The van der Waals surface area contributed by atoms with Gasteiger partial charge in [-0.1, -0.05) is 85.6 Å². The Morgan fingerprint density at radius 2 is 1.41 bits per heavy atom. The van der Waals surface area contributed by atoms with Crippen LogP contribution in [0.5, 0.6) is 0 Å². The molecule has 0 saturated carbocycles. The van der Waals surface area contributed by atoms with Crippen LogP contribution in [0.4, 0.5) is 0 Å². The van der Waals surface area contributed by atoms with Gasteiger partial charge in [0, 0.05) is 29.6 Å². The smallest absolute Gasteiger partial charge is 0.0348 e. The summed E-state index contributed by atoms with van der Waals surface area (Å²) in [4.78, 5) is 0. The van der Waals surface area contributed by atoms with E-state index in [9.17, 15) is 0 Å². The van der Waals surface area contributed by atoms with E-state index in [1.807, 2.05) is 42.5 Å². The molecule has 9 atom stereocenters. The minimum absolute atomic E-state index is 0.0134. The van der Waals surface area contributed by atoms with E-state index in [1.54, 1.807) is 0 Å². The summed E-state index contributed by atoms with van der Waals surface area (Å²) in [7, 11) is 0. The van der Waals surface area contributed by atoms with E-state index in [1.165, 1.54) is 38.6 Å². The Kier molecular flexibility index (Phi) is 8.74. The minimum Gasteiger partial charge on any atom is -0.324 e. The van der Waals surface area contributed by atoms with Gasteiger partial charge in [0.1, 0.15) is 0 Å². The fourth-order valence-electron chi connectivity index (χ4n) is 6.88. The fourth-order valence-corrected chi connectivity index (χ4v) is 6.88. The predicted molar refractivity (Wildman–Crippen MR) is 157 cm³/mol. The Morgan fingerprint density at radius 3 is 2.03 bits per heavy atom. The third-order valence-electron chi connectivity index (χ3n) is 9.46. The first kappa shape index (κ1) is 26.1. The highest BCUT2D eigenvalue weighted by Gasteiger charge is 2.32. The van der Waals surface area contributed by atoms with Crippen LogP contribution in [0.3, 0.4) is 0 Å². The lowest BCUT2D eigenvalue weighted by molar-refractivity contribution is 0.246. The van der Waals surface area contributed by atoms with Crippen molar-refractivity contribution >= 4 is 5.71 Å². The van der Waals surface area contributed by atoms with Crippen molar-refractivity contribution < 1.29 is 0 Å². The second kappa shape index (κ2) is 12.4. The molecule has 3 nitrogen and oxygen atoms in total. The quantitative estimate of drug-likeness (QED) is 0.196. The number of allylic oxidation sites excluding steroid dienone is 11. The highest BCUT2D eigenvalue weighted by Crippen LogP contribution is 2.40. The molecule has 4 N–H and O–H groups in total. The molecule has 196 valence electrons. The maximum Gasteiger partial charge on any atom is 0.0348 e. The summed E-state index contributed by atoms with van der Waals surface area (Å²) in [5.74, 6) is 3.85. The number of rotatable bonds is 8. The lowest BCUT2D eigenvalue weighted by Crippen LogP contribution is -2.48. The molecule has 5 unspecified atom stereocenters. The molecule has 5 aliphatic rings. The largest absolute Gasteiger partial charge is 0.324 e. The molecule has 0 aromatic carbocycles. The van der Waals surface area contributed by atoms with Gasteiger partial charge in [0.2, 0.25) is 0 Å². The van der Waals surface area contributed by atoms with Crippen molar-refractivity contribution in [3.63, 3.8) is 0 Å². The highest BCUT2D eigenvalue weighted by molar-refractivity contribution is 5.94. The van der Waals surface area contributed by atoms with E-state index in [-0.39, 0.29) is 12.0 Å². The van der Waals surface area contributed by atoms with Crippen molar-refractivity contribution in [2.24, 2.45) is 47.2 Å². The van der Waals surface area contributed by atoms with Gasteiger partial charge in [0.15, 0.2) is 0 Å². The van der Waals surface area contributed by atoms with Crippen LogP contribution >= 0.6 is 0 Å². The van der Waals surface area contributed by atoms with Gasteiger partial charge >= 0.3 is 0 Å². The van der Waals surface area contributed by atoms with Crippen molar-refractivity contribution in [2.75, 3.05) is 6.54 Å². The third-order valence-corrected chi connectivity index (χ3v) is 9.46. The summed E-state index contributed by atoms with van der Waals surface area (Å²) in [6, 6.07) is 0.731. The summed E-state index contributed by atoms with van der Waals surface area (Å²) in [6.45, 7) is 5.39. The van der Waals surface area contributed by atoms with Crippen molar-refractivity contribution in [2.45, 2.75) is 57.0 Å². The standard InChI is InChI=1S/C34H45N3/c1-24(31-10-3-5-12-33(31)36)7-2-4-11-32(35)30-9-6-8-29(23-30)27-15-13-25(14-16-27)26-17-19-28(20-18-26)34-21-22-37-34/h2-8,10-13,15,17,19,25-31,33-35,37H,1,9,14,16,18,20-23,36H2/b7-2+,11-4-,35-32?/t25?,26-,27-,28?,29?,30-,31-,33?,34?/m1/s1. The Labute approximate surface area is 224 Å². The first-order chi connectivity index (χ1) is 18.1. The van der Waals surface area contributed by atoms with Crippen LogP contribution in [0.15, 0.2) is 97.2 Å². The second-order valence-corrected chi connectivity index (χ2v) is 11.8. The fraction of sp³-hybridized carbons (Fsp3) is 0.500. The average molecular weight is 496 g/mol. The second-order valence-electron chi connectivity index (χ2n) is 11.8. The Balaban J connectivity index is 1.09. The summed E-state index contributed by atoms with van der Waals surface area (Å²) >= 11 is 0. The molecule has 1 heterocycles. The molecule has 4 aliphatic carbocycles. The van der Waals surface area contributed by atoms with Crippen LogP contribution in [0.25, 0.3) is 0 Å². The molecule has 1 saturated heterocycles. The number of nitrogens with two attached hydrogens (primary N) is 1. The number of hydrogen-bond acceptors (Lipinski definition) is 3. The molecular weight excluding hydrogens is 450 g/mol. The van der Waals surface area contributed by atoms with Crippen molar-refractivity contribution in [1.29, 1.82) is 5.41 Å². The van der Waals surface area contributed by atoms with E-state index >= 15 is 0 Å². The molecule has 1 aliphatic heterocycles. The van der Waals surface area contributed by atoms with Crippen LogP contribution in [0.2, 0.25) is 0 Å². The van der Waals surface area contributed by atoms with Crippen molar-refractivity contribution in [3.8, 4) is 0 Å². The summed E-state index contributed by atoms with van der Waals surface area (Å²) in [5.41, 5.74) is 7.91. The van der Waals surface area contributed by atoms with Crippen LogP contribution in [0, 0.1) is 46.8 Å². The summed E-state index contributed by atoms with van der Waals surface area (Å²) < 4.78 is 0. The van der Waals surface area contributed by atoms with Gasteiger partial charge in [0.05, 0.1) is 0 Å². The van der Waals surface area contributed by atoms with Crippen LogP contribution in [-0.2, 0) is 0 Å². The van der Waals surface area contributed by atoms with Gasteiger partial charge in [-0.15, -0.1) is 0 Å². The Bertz CT molecular complexity index is 1030. The average Bonchev–Trinajstić information content (AvgIpc) is 2.91. The monoisotopic (exact) mass is 495 g/mol. The van der Waals surface area contributed by atoms with E-state index in [0.29, 0.717) is 23.7 Å². The van der Waals surface area contributed by atoms with Gasteiger partial charge in [-0.2, -0.15) is 0 Å². The Hall–Kier alpha value is -2.49. The van der Waals surface area contributed by atoms with E-state index in [0.717, 1.165) is 42.0 Å². The lowest BCUT2D eigenvalue weighted by atomic mass is 9.69. The van der Waals surface area contributed by atoms with E-state index < -0.39 is 0 Å². The molecule has 0 spiro atoms. The van der Waals surface area contributed by atoms with Gasteiger partial charge < -0.3 is 16.5 Å². The zero-order chi connectivity index (χ0) is 25.6. The van der Waals surface area contributed by atoms with Crippen LogP contribution in [0.1, 0.15) is 44.9 Å². The SMILES string of the molecule is C=C(/C=C/C=C\C(=N)[C@@H]1CC=CC([C@@H]2C=CC([C@@H]3C=CC(C4CCN4)CC3)CC2)C1)[C@H]1C=CC=CC1N. The van der Waals surface area contributed by atoms with Gasteiger partial charge in [-0.25, -0.2) is 0 Å². The zero-order valence-corrected chi connectivity index (χ0v) is 22.2. The molecule has 1 fully saturated rings. The molecule has 0 aromatic heterocycles. The molecule has 3 heteroatoms. The molecule has 0 aromatic rings. The maximum absolute atomic E-state index is 8.68. The third kappa shape index (κ3) is 6.51. The highest BCUT2D eigenvalue weighted by atomic mass is 15.0. The van der Waals surface area contributed by atoms with Gasteiger partial charge in [0.25, 0.3) is 0 Å². The number of hydrogen-bond donors (Lipinski definition) is 3. The zero-order valence-electron chi connectivity index (χ0n) is 22.2. The van der Waals surface area contributed by atoms with Crippen molar-refractivity contribution in [3.05, 3.63) is 97.2 Å². The summed E-state index contributed by atoms with van der Waals surface area (Å²) in [5, 5.41) is 12.3. The predicted octanol–water partition coefficient (Wildman–Crippen LogP) is 6.85. The molecule has 5 rings (SSSR count). The molecule has 0 amide bonds. The molecule has 0 radical (unpaired) electrons. The van der Waals surface area contributed by atoms with Gasteiger partial charge in [-0.05, 0) is 92.7 Å². The van der Waals surface area contributed by atoms with E-state index in [2.05, 4.69) is 54.4 Å². The Morgan fingerprint density at radius 1 is 0.784 bits per heavy atom. The minimum atomic E-state index is -0.0134. The van der Waals surface area contributed by atoms with Gasteiger partial charge in [-0.3, -0.25) is 0 Å². The topological polar surface area (TPSA) is 61.9 Å². The molecule has 0 bridgehead atoms. The van der Waals surface area contributed by atoms with E-state index in [4.69, 9.17) is 11.1 Å². The molecule has 37 heavy (non-hydrogen) atoms.